The lowest BCUT2D eigenvalue weighted by Crippen LogP contribution is -1.96. The highest BCUT2D eigenvalue weighted by Gasteiger charge is 2.25. The van der Waals surface area contributed by atoms with Gasteiger partial charge in [-0.05, 0) is 97.1 Å². The van der Waals surface area contributed by atoms with Gasteiger partial charge in [0, 0.05) is 37.7 Å². The number of benzene rings is 5. The summed E-state index contributed by atoms with van der Waals surface area (Å²) in [6, 6.07) is 37.7. The number of amides is 1. The molecule has 8 heteroatoms. The molecule has 0 N–H and O–H groups in total. The molecular formula is C38H25FN4O2S. The third-order valence-electron chi connectivity index (χ3n) is 7.86. The Labute approximate surface area is 269 Å². The number of fused-ring (bicyclic) bond motifs is 1. The predicted molar refractivity (Wildman–Crippen MR) is 180 cm³/mol. The summed E-state index contributed by atoms with van der Waals surface area (Å²) in [5.74, 6) is -0.833. The van der Waals surface area contributed by atoms with Crippen LogP contribution in [-0.2, 0) is 0 Å². The maximum atomic E-state index is 14.0. The van der Waals surface area contributed by atoms with Crippen LogP contribution in [0.4, 0.5) is 4.39 Å². The molecule has 0 bridgehead atoms. The molecule has 1 heterocycles. The van der Waals surface area contributed by atoms with Gasteiger partial charge >= 0.3 is 5.91 Å². The van der Waals surface area contributed by atoms with Gasteiger partial charge < -0.3 is 0 Å². The molecule has 5 aromatic carbocycles. The fourth-order valence-electron chi connectivity index (χ4n) is 5.60. The molecule has 6 aromatic rings. The number of nitrogens with zero attached hydrogens (tertiary/aromatic N) is 4. The van der Waals surface area contributed by atoms with Crippen molar-refractivity contribution in [1.29, 1.82) is 10.5 Å². The number of nitroso groups, excluding NO2 is 1. The maximum Gasteiger partial charge on any atom is 0.316 e. The molecule has 6 nitrogen and oxygen atoms in total. The molecule has 1 atom stereocenters. The van der Waals surface area contributed by atoms with Crippen LogP contribution in [0.15, 0.2) is 119 Å². The third kappa shape index (κ3) is 5.59. The first-order valence-corrected chi connectivity index (χ1v) is 15.2. The number of halogens is 1. The monoisotopic (exact) mass is 620 g/mol. The number of nitriles is 2. The Hall–Kier alpha value is -5.83. The van der Waals surface area contributed by atoms with Crippen LogP contribution in [0.25, 0.3) is 44.4 Å². The number of carbonyl (C=O) groups is 1. The van der Waals surface area contributed by atoms with Crippen LogP contribution in [0, 0.1) is 34.5 Å². The van der Waals surface area contributed by atoms with E-state index in [4.69, 9.17) is 0 Å². The largest absolute Gasteiger partial charge is 0.316 e. The summed E-state index contributed by atoms with van der Waals surface area (Å²) in [4.78, 5) is 23.4. The molecule has 222 valence electrons. The first-order chi connectivity index (χ1) is 22.3. The molecule has 6 rings (SSSR count). The second kappa shape index (κ2) is 12.6. The Morgan fingerprint density at radius 2 is 1.46 bits per heavy atom. The van der Waals surface area contributed by atoms with E-state index in [1.165, 1.54) is 18.9 Å². The Morgan fingerprint density at radius 3 is 2.09 bits per heavy atom. The van der Waals surface area contributed by atoms with Crippen molar-refractivity contribution in [3.8, 4) is 45.6 Å². The molecule has 0 aliphatic rings. The molecule has 0 aliphatic heterocycles. The fraction of sp³-hybridized carbons (Fsp3) is 0.0789. The Bertz CT molecular complexity index is 2190. The van der Waals surface area contributed by atoms with Crippen molar-refractivity contribution in [3.63, 3.8) is 0 Å². The van der Waals surface area contributed by atoms with Crippen molar-refractivity contribution in [2.24, 2.45) is 5.18 Å². The zero-order valence-electron chi connectivity index (χ0n) is 24.9. The zero-order valence-corrected chi connectivity index (χ0v) is 25.7. The van der Waals surface area contributed by atoms with Gasteiger partial charge in [0.2, 0.25) is 0 Å². The summed E-state index contributed by atoms with van der Waals surface area (Å²) in [5, 5.41) is 23.8. The number of carbonyl (C=O) groups excluding carboxylic acids is 1. The molecule has 0 saturated heterocycles. The Kier molecular flexibility index (Phi) is 8.31. The van der Waals surface area contributed by atoms with Crippen LogP contribution in [0.2, 0.25) is 0 Å². The number of aryl methyl sites for hydroxylation is 1. The standard InChI is InChI=1S/C38H25FN4O2S/c1-23-9-18-34-33(19-23)36(35-30(21-40)7-4-8-31(35)22-41)37(43(34)46-32-16-14-25(15-17-32)24(2)39)29-6-3-5-28(20-29)26-10-12-27(13-11-26)38(44)42-45/h3-20,24H,1-2H3. The van der Waals surface area contributed by atoms with Crippen LogP contribution in [0.3, 0.4) is 0 Å². The molecule has 1 amide bonds. The molecule has 0 spiro atoms. The third-order valence-corrected chi connectivity index (χ3v) is 8.90. The lowest BCUT2D eigenvalue weighted by atomic mass is 9.90. The minimum atomic E-state index is -1.09. The normalized spacial score (nSPS) is 11.5. The lowest BCUT2D eigenvalue weighted by molar-refractivity contribution is 0.100. The quantitative estimate of drug-likeness (QED) is 0.165. The summed E-state index contributed by atoms with van der Waals surface area (Å²) in [6.45, 7) is 3.51. The summed E-state index contributed by atoms with van der Waals surface area (Å²) in [5.41, 5.74) is 8.05. The van der Waals surface area contributed by atoms with Crippen LogP contribution < -0.4 is 0 Å². The first kappa shape index (κ1) is 30.2. The van der Waals surface area contributed by atoms with Crippen LogP contribution in [0.5, 0.6) is 0 Å². The van der Waals surface area contributed by atoms with E-state index in [1.807, 2.05) is 55.5 Å². The summed E-state index contributed by atoms with van der Waals surface area (Å²) in [6.07, 6.45) is -1.09. The SMILES string of the molecule is Cc1ccc2c(c1)c(-c1c(C#N)cccc1C#N)c(-c1cccc(-c3ccc(C(=O)N=O)cc3)c1)n2Sc1ccc(C(C)F)cc1. The summed E-state index contributed by atoms with van der Waals surface area (Å²) in [7, 11) is 0. The van der Waals surface area contributed by atoms with E-state index in [2.05, 4.69) is 27.4 Å². The van der Waals surface area contributed by atoms with E-state index in [9.17, 15) is 24.6 Å². The fourth-order valence-corrected chi connectivity index (χ4v) is 6.61. The zero-order chi connectivity index (χ0) is 32.4. The van der Waals surface area contributed by atoms with Gasteiger partial charge in [-0.3, -0.25) is 8.77 Å². The lowest BCUT2D eigenvalue weighted by Gasteiger charge is -2.15. The number of aromatic nitrogens is 1. The second-order valence-electron chi connectivity index (χ2n) is 10.8. The van der Waals surface area contributed by atoms with Crippen molar-refractivity contribution in [2.45, 2.75) is 24.9 Å². The van der Waals surface area contributed by atoms with E-state index in [0.29, 0.717) is 22.3 Å². The van der Waals surface area contributed by atoms with Gasteiger partial charge in [-0.25, -0.2) is 4.39 Å². The average Bonchev–Trinajstić information content (AvgIpc) is 3.39. The molecule has 46 heavy (non-hydrogen) atoms. The molecule has 0 saturated carbocycles. The smallest absolute Gasteiger partial charge is 0.279 e. The maximum absolute atomic E-state index is 14.0. The number of rotatable bonds is 7. The van der Waals surface area contributed by atoms with Gasteiger partial charge in [0.1, 0.15) is 6.17 Å². The number of hydrogen-bond acceptors (Lipinski definition) is 5. The predicted octanol–water partition coefficient (Wildman–Crippen LogP) is 10.2. The van der Waals surface area contributed by atoms with E-state index >= 15 is 0 Å². The van der Waals surface area contributed by atoms with Crippen LogP contribution in [-0.4, -0.2) is 9.88 Å². The minimum Gasteiger partial charge on any atom is -0.279 e. The van der Waals surface area contributed by atoms with E-state index in [-0.39, 0.29) is 5.56 Å². The van der Waals surface area contributed by atoms with Crippen molar-refractivity contribution in [1.82, 2.24) is 3.97 Å². The summed E-state index contributed by atoms with van der Waals surface area (Å²) >= 11 is 1.47. The summed E-state index contributed by atoms with van der Waals surface area (Å²) < 4.78 is 16.1. The minimum absolute atomic E-state index is 0.203. The molecule has 1 aromatic heterocycles. The average molecular weight is 621 g/mol. The molecule has 0 fully saturated rings. The Balaban J connectivity index is 1.65. The van der Waals surface area contributed by atoms with E-state index in [1.54, 1.807) is 54.6 Å². The van der Waals surface area contributed by atoms with E-state index < -0.39 is 12.1 Å². The van der Waals surface area contributed by atoms with Gasteiger partial charge in [-0.15, -0.1) is 4.91 Å². The first-order valence-electron chi connectivity index (χ1n) is 14.4. The molecule has 0 radical (unpaired) electrons. The molecule has 1 unspecified atom stereocenters. The topological polar surface area (TPSA) is 99.0 Å². The highest BCUT2D eigenvalue weighted by molar-refractivity contribution is 7.98. The highest BCUT2D eigenvalue weighted by atomic mass is 32.2. The van der Waals surface area contributed by atoms with Gasteiger partial charge in [0.25, 0.3) is 0 Å². The number of hydrogen-bond donors (Lipinski definition) is 0. The highest BCUT2D eigenvalue weighted by Crippen LogP contribution is 2.47. The number of alkyl halides is 1. The van der Waals surface area contributed by atoms with Gasteiger partial charge in [0.15, 0.2) is 0 Å². The van der Waals surface area contributed by atoms with Gasteiger partial charge in [-0.1, -0.05) is 60.2 Å². The van der Waals surface area contributed by atoms with Crippen molar-refractivity contribution >= 4 is 28.8 Å². The van der Waals surface area contributed by atoms with Crippen LogP contribution in [0.1, 0.15) is 45.7 Å². The van der Waals surface area contributed by atoms with Crippen molar-refractivity contribution < 1.29 is 9.18 Å². The Morgan fingerprint density at radius 1 is 0.804 bits per heavy atom. The van der Waals surface area contributed by atoms with Crippen LogP contribution >= 0.6 is 11.9 Å². The van der Waals surface area contributed by atoms with Gasteiger partial charge in [-0.2, -0.15) is 10.5 Å². The van der Waals surface area contributed by atoms with Crippen molar-refractivity contribution in [2.75, 3.05) is 0 Å². The van der Waals surface area contributed by atoms with E-state index in [0.717, 1.165) is 49.3 Å². The molecule has 0 aliphatic carbocycles. The molecular weight excluding hydrogens is 596 g/mol. The van der Waals surface area contributed by atoms with Gasteiger partial charge in [0.05, 0.1) is 34.5 Å². The second-order valence-corrected chi connectivity index (χ2v) is 11.8. The van der Waals surface area contributed by atoms with Crippen molar-refractivity contribution in [3.05, 3.63) is 142 Å².